The van der Waals surface area contributed by atoms with Crippen molar-refractivity contribution in [1.29, 1.82) is 0 Å². The van der Waals surface area contributed by atoms with Gasteiger partial charge in [-0.2, -0.15) is 0 Å². The van der Waals surface area contributed by atoms with Crippen LogP contribution < -0.4 is 0 Å². The molecule has 2 heterocycles. The minimum Gasteiger partial charge on any atom is -0.508 e. The molecule has 5 nitrogen and oxygen atoms in total. The largest absolute Gasteiger partial charge is 0.508 e. The summed E-state index contributed by atoms with van der Waals surface area (Å²) >= 11 is 0. The third kappa shape index (κ3) is 15.5. The number of hydrogen-bond donors (Lipinski definition) is 2. The number of hydrogen-bond acceptors (Lipinski definition) is 5. The molecular formula is C27H46O5. The fourth-order valence-electron chi connectivity index (χ4n) is 3.81. The Morgan fingerprint density at radius 1 is 0.688 bits per heavy atom. The van der Waals surface area contributed by atoms with Gasteiger partial charge in [0.2, 0.25) is 0 Å². The van der Waals surface area contributed by atoms with Crippen molar-refractivity contribution >= 4 is 0 Å². The van der Waals surface area contributed by atoms with Crippen LogP contribution in [0.2, 0.25) is 0 Å². The van der Waals surface area contributed by atoms with E-state index in [0.717, 1.165) is 44.8 Å². The molecule has 0 radical (unpaired) electrons. The molecule has 1 aromatic rings. The number of rotatable bonds is 18. The van der Waals surface area contributed by atoms with Crippen LogP contribution in [0, 0.1) is 0 Å². The molecule has 0 saturated carbocycles. The minimum absolute atomic E-state index is 0.162. The van der Waals surface area contributed by atoms with Gasteiger partial charge in [0.15, 0.2) is 0 Å². The maximum absolute atomic E-state index is 9.44. The Morgan fingerprint density at radius 3 is 1.50 bits per heavy atom. The molecule has 2 aliphatic heterocycles. The third-order valence-corrected chi connectivity index (χ3v) is 5.94. The van der Waals surface area contributed by atoms with E-state index >= 15 is 0 Å². The quantitative estimate of drug-likeness (QED) is 0.196. The van der Waals surface area contributed by atoms with Crippen LogP contribution >= 0.6 is 0 Å². The first-order valence-corrected chi connectivity index (χ1v) is 13.0. The summed E-state index contributed by atoms with van der Waals surface area (Å²) < 4.78 is 15.1. The average molecular weight is 451 g/mol. The summed E-state index contributed by atoms with van der Waals surface area (Å²) in [5, 5.41) is 18.9. The molecule has 2 aliphatic rings. The van der Waals surface area contributed by atoms with Crippen LogP contribution in [0.15, 0.2) is 18.2 Å². The lowest BCUT2D eigenvalue weighted by atomic mass is 10.0. The molecule has 2 saturated heterocycles. The van der Waals surface area contributed by atoms with Crippen molar-refractivity contribution in [3.05, 3.63) is 23.8 Å². The Bertz CT molecular complexity index is 551. The molecule has 2 N–H and O–H groups in total. The van der Waals surface area contributed by atoms with Gasteiger partial charge in [0.1, 0.15) is 23.7 Å². The van der Waals surface area contributed by atoms with Crippen LogP contribution in [-0.4, -0.2) is 48.8 Å². The molecule has 2 fully saturated rings. The van der Waals surface area contributed by atoms with E-state index in [2.05, 4.69) is 6.92 Å². The highest BCUT2D eigenvalue weighted by Gasteiger charge is 2.26. The lowest BCUT2D eigenvalue weighted by Crippen LogP contribution is -2.06. The van der Waals surface area contributed by atoms with Gasteiger partial charge in [-0.25, -0.2) is 0 Å². The van der Waals surface area contributed by atoms with Crippen molar-refractivity contribution in [2.45, 2.75) is 109 Å². The lowest BCUT2D eigenvalue weighted by molar-refractivity contribution is 0.102. The summed E-state index contributed by atoms with van der Waals surface area (Å²) in [7, 11) is 0. The van der Waals surface area contributed by atoms with Crippen molar-refractivity contribution < 1.29 is 24.4 Å². The van der Waals surface area contributed by atoms with E-state index in [-0.39, 0.29) is 11.5 Å². The SMILES string of the molecule is C(OCC1CO1)C1CO1.CCCCCCCCCCCCCCCc1cc(O)cc(O)c1. The normalized spacial score (nSPS) is 18.8. The fraction of sp³-hybridized carbons (Fsp3) is 0.778. The van der Waals surface area contributed by atoms with Crippen LogP contribution in [0.5, 0.6) is 11.5 Å². The summed E-state index contributed by atoms with van der Waals surface area (Å²) in [4.78, 5) is 0. The molecule has 0 amide bonds. The highest BCUT2D eigenvalue weighted by Crippen LogP contribution is 2.22. The highest BCUT2D eigenvalue weighted by atomic mass is 16.6. The first-order valence-electron chi connectivity index (χ1n) is 13.0. The summed E-state index contributed by atoms with van der Waals surface area (Å²) in [6, 6.07) is 4.88. The smallest absolute Gasteiger partial charge is 0.119 e. The molecule has 32 heavy (non-hydrogen) atoms. The Kier molecular flexibility index (Phi) is 14.5. The number of benzene rings is 1. The molecular weight excluding hydrogens is 404 g/mol. The second-order valence-corrected chi connectivity index (χ2v) is 9.30. The maximum atomic E-state index is 9.44. The summed E-state index contributed by atoms with van der Waals surface area (Å²) in [6.45, 7) is 5.53. The van der Waals surface area contributed by atoms with Gasteiger partial charge in [-0.15, -0.1) is 0 Å². The highest BCUT2D eigenvalue weighted by molar-refractivity contribution is 5.36. The molecule has 1 aromatic carbocycles. The van der Waals surface area contributed by atoms with Crippen LogP contribution in [0.3, 0.4) is 0 Å². The van der Waals surface area contributed by atoms with Crippen molar-refractivity contribution in [2.24, 2.45) is 0 Å². The summed E-state index contributed by atoms with van der Waals surface area (Å²) in [6.07, 6.45) is 19.4. The van der Waals surface area contributed by atoms with Gasteiger partial charge < -0.3 is 24.4 Å². The predicted molar refractivity (Wildman–Crippen MR) is 129 cm³/mol. The maximum Gasteiger partial charge on any atom is 0.119 e. The Hall–Kier alpha value is -1.30. The summed E-state index contributed by atoms with van der Waals surface area (Å²) in [5.41, 5.74) is 1.03. The number of unbranched alkanes of at least 4 members (excludes halogenated alkanes) is 12. The second kappa shape index (κ2) is 17.2. The standard InChI is InChI=1S/C21H36O2.C6H10O3/c1-2-3-4-5-6-7-8-9-10-11-12-13-14-15-19-16-20(22)18-21(23)17-19;1(5-3-8-5)7-2-6-4-9-6/h16-18,22-23H,2-15H2,1H3;5-6H,1-4H2. The van der Waals surface area contributed by atoms with E-state index in [4.69, 9.17) is 14.2 Å². The zero-order chi connectivity index (χ0) is 22.9. The van der Waals surface area contributed by atoms with E-state index < -0.39 is 0 Å². The van der Waals surface area contributed by atoms with Gasteiger partial charge >= 0.3 is 0 Å². The number of aryl methyl sites for hydroxylation is 1. The zero-order valence-electron chi connectivity index (χ0n) is 20.2. The summed E-state index contributed by atoms with van der Waals surface area (Å²) in [5.74, 6) is 0.324. The first kappa shape index (κ1) is 26.9. The Morgan fingerprint density at radius 2 is 1.09 bits per heavy atom. The van der Waals surface area contributed by atoms with E-state index in [1.165, 1.54) is 83.1 Å². The van der Waals surface area contributed by atoms with E-state index in [0.29, 0.717) is 12.2 Å². The van der Waals surface area contributed by atoms with E-state index in [1.807, 2.05) is 0 Å². The number of aromatic hydroxyl groups is 2. The van der Waals surface area contributed by atoms with Crippen LogP contribution in [-0.2, 0) is 20.6 Å². The van der Waals surface area contributed by atoms with Crippen molar-refractivity contribution in [3.63, 3.8) is 0 Å². The monoisotopic (exact) mass is 450 g/mol. The van der Waals surface area contributed by atoms with E-state index in [1.54, 1.807) is 12.1 Å². The number of phenols is 2. The van der Waals surface area contributed by atoms with Crippen LogP contribution in [0.1, 0.15) is 96.0 Å². The van der Waals surface area contributed by atoms with Gasteiger partial charge in [-0.1, -0.05) is 84.0 Å². The second-order valence-electron chi connectivity index (χ2n) is 9.30. The minimum atomic E-state index is 0.162. The van der Waals surface area contributed by atoms with Gasteiger partial charge in [-0.05, 0) is 30.5 Å². The average Bonchev–Trinajstić information content (AvgIpc) is 3.67. The molecule has 5 heteroatoms. The van der Waals surface area contributed by atoms with Gasteiger partial charge in [0.05, 0.1) is 26.4 Å². The zero-order valence-corrected chi connectivity index (χ0v) is 20.2. The molecule has 3 rings (SSSR count). The molecule has 0 aliphatic carbocycles. The molecule has 0 bridgehead atoms. The van der Waals surface area contributed by atoms with Gasteiger partial charge in [0.25, 0.3) is 0 Å². The number of ether oxygens (including phenoxy) is 3. The fourth-order valence-corrected chi connectivity index (χ4v) is 3.81. The number of epoxide rings is 2. The van der Waals surface area contributed by atoms with E-state index in [9.17, 15) is 10.2 Å². The Labute approximate surface area is 195 Å². The topological polar surface area (TPSA) is 74.8 Å². The Balaban J connectivity index is 0.000000329. The molecule has 2 unspecified atom stereocenters. The van der Waals surface area contributed by atoms with Gasteiger partial charge in [0, 0.05) is 6.07 Å². The van der Waals surface area contributed by atoms with Crippen molar-refractivity contribution in [3.8, 4) is 11.5 Å². The third-order valence-electron chi connectivity index (χ3n) is 5.94. The van der Waals surface area contributed by atoms with Crippen LogP contribution in [0.4, 0.5) is 0 Å². The van der Waals surface area contributed by atoms with Crippen molar-refractivity contribution in [2.75, 3.05) is 26.4 Å². The molecule has 2 atom stereocenters. The lowest BCUT2D eigenvalue weighted by Gasteiger charge is -2.04. The van der Waals surface area contributed by atoms with Crippen LogP contribution in [0.25, 0.3) is 0 Å². The molecule has 0 spiro atoms. The molecule has 0 aromatic heterocycles. The van der Waals surface area contributed by atoms with Gasteiger partial charge in [-0.3, -0.25) is 0 Å². The molecule has 184 valence electrons. The van der Waals surface area contributed by atoms with Crippen molar-refractivity contribution in [1.82, 2.24) is 0 Å². The predicted octanol–water partition coefficient (Wildman–Crippen LogP) is 6.53. The first-order chi connectivity index (χ1) is 15.7. The number of phenolic OH excluding ortho intramolecular Hbond substituents is 2.